The predicted octanol–water partition coefficient (Wildman–Crippen LogP) is 3.29. The van der Waals surface area contributed by atoms with Crippen LogP contribution >= 0.6 is 11.8 Å². The number of amides is 1. The maximum Gasteiger partial charge on any atom is 0.251 e. The first kappa shape index (κ1) is 13.6. The van der Waals surface area contributed by atoms with Gasteiger partial charge in [0.25, 0.3) is 5.91 Å². The van der Waals surface area contributed by atoms with E-state index in [4.69, 9.17) is 0 Å². The van der Waals surface area contributed by atoms with Crippen LogP contribution in [0.5, 0.6) is 0 Å². The molecule has 1 heterocycles. The summed E-state index contributed by atoms with van der Waals surface area (Å²) < 4.78 is 0. The van der Waals surface area contributed by atoms with Crippen molar-refractivity contribution in [1.29, 1.82) is 0 Å². The Morgan fingerprint density at radius 1 is 1.16 bits per heavy atom. The second-order valence-corrected chi connectivity index (χ2v) is 5.08. The summed E-state index contributed by atoms with van der Waals surface area (Å²) in [4.78, 5) is 17.1. The number of nitrogens with one attached hydrogen (secondary N) is 1. The van der Waals surface area contributed by atoms with E-state index in [1.807, 2.05) is 25.3 Å². The largest absolute Gasteiger partial charge is 0.346 e. The number of nitrogens with zero attached hydrogens (tertiary/aromatic N) is 1. The Kier molecular flexibility index (Phi) is 4.58. The first-order valence-corrected chi connectivity index (χ1v) is 7.28. The Balaban J connectivity index is 2.04. The van der Waals surface area contributed by atoms with E-state index in [9.17, 15) is 4.79 Å². The van der Waals surface area contributed by atoms with Gasteiger partial charge in [-0.2, -0.15) is 0 Å². The van der Waals surface area contributed by atoms with Gasteiger partial charge in [-0.1, -0.05) is 12.1 Å². The second kappa shape index (κ2) is 6.38. The van der Waals surface area contributed by atoms with Crippen LogP contribution in [0.1, 0.15) is 28.9 Å². The molecule has 1 amide bonds. The minimum absolute atomic E-state index is 0.0171. The summed E-state index contributed by atoms with van der Waals surface area (Å²) in [7, 11) is 0. The van der Waals surface area contributed by atoms with Crippen molar-refractivity contribution in [2.24, 2.45) is 0 Å². The fraction of sp³-hybridized carbons (Fsp3) is 0.200. The number of rotatable bonds is 4. The van der Waals surface area contributed by atoms with E-state index in [0.29, 0.717) is 5.56 Å². The fourth-order valence-electron chi connectivity index (χ4n) is 1.76. The summed E-state index contributed by atoms with van der Waals surface area (Å²) in [6.45, 7) is 1.98. The molecule has 1 atom stereocenters. The number of pyridine rings is 1. The highest BCUT2D eigenvalue weighted by atomic mass is 32.2. The lowest BCUT2D eigenvalue weighted by molar-refractivity contribution is 0.0940. The highest BCUT2D eigenvalue weighted by Crippen LogP contribution is 2.19. The zero-order valence-corrected chi connectivity index (χ0v) is 11.8. The van der Waals surface area contributed by atoms with Crippen LogP contribution in [0.25, 0.3) is 0 Å². The van der Waals surface area contributed by atoms with Gasteiger partial charge in [-0.05, 0) is 43.0 Å². The molecule has 0 aliphatic heterocycles. The van der Waals surface area contributed by atoms with Crippen molar-refractivity contribution in [2.45, 2.75) is 17.9 Å². The summed E-state index contributed by atoms with van der Waals surface area (Å²) in [5, 5.41) is 2.98. The van der Waals surface area contributed by atoms with E-state index in [-0.39, 0.29) is 11.9 Å². The topological polar surface area (TPSA) is 42.0 Å². The molecule has 0 saturated heterocycles. The molecular weight excluding hydrogens is 256 g/mol. The van der Waals surface area contributed by atoms with E-state index in [0.717, 1.165) is 5.56 Å². The molecular formula is C15H16N2OS. The van der Waals surface area contributed by atoms with Gasteiger partial charge in [0.15, 0.2) is 0 Å². The summed E-state index contributed by atoms with van der Waals surface area (Å²) in [6, 6.07) is 11.6. The average Bonchev–Trinajstić information content (AvgIpc) is 2.48. The van der Waals surface area contributed by atoms with Crippen molar-refractivity contribution in [3.8, 4) is 0 Å². The van der Waals surface area contributed by atoms with Gasteiger partial charge < -0.3 is 5.32 Å². The molecule has 0 bridgehead atoms. The van der Waals surface area contributed by atoms with Crippen molar-refractivity contribution in [3.05, 3.63) is 59.9 Å². The molecule has 0 fully saturated rings. The van der Waals surface area contributed by atoms with Crippen LogP contribution in [0.2, 0.25) is 0 Å². The third-order valence-electron chi connectivity index (χ3n) is 2.91. The van der Waals surface area contributed by atoms with E-state index in [1.165, 1.54) is 4.90 Å². The highest BCUT2D eigenvalue weighted by molar-refractivity contribution is 7.98. The van der Waals surface area contributed by atoms with Crippen LogP contribution < -0.4 is 5.32 Å². The molecule has 0 saturated carbocycles. The zero-order chi connectivity index (χ0) is 13.7. The third-order valence-corrected chi connectivity index (χ3v) is 3.65. The summed E-state index contributed by atoms with van der Waals surface area (Å²) >= 11 is 1.71. The molecule has 0 aliphatic rings. The lowest BCUT2D eigenvalue weighted by atomic mass is 10.1. The van der Waals surface area contributed by atoms with Crippen LogP contribution in [0.15, 0.2) is 53.7 Å². The van der Waals surface area contributed by atoms with Gasteiger partial charge in [0, 0.05) is 22.9 Å². The molecule has 98 valence electrons. The average molecular weight is 272 g/mol. The molecule has 2 aromatic rings. The van der Waals surface area contributed by atoms with Crippen LogP contribution in [0.3, 0.4) is 0 Å². The molecule has 0 aliphatic carbocycles. The van der Waals surface area contributed by atoms with E-state index >= 15 is 0 Å². The third kappa shape index (κ3) is 3.58. The van der Waals surface area contributed by atoms with Crippen molar-refractivity contribution < 1.29 is 4.79 Å². The molecule has 1 aromatic heterocycles. The van der Waals surface area contributed by atoms with Gasteiger partial charge in [0.2, 0.25) is 0 Å². The number of hydrogen-bond donors (Lipinski definition) is 1. The Hall–Kier alpha value is -1.81. The maximum atomic E-state index is 12.0. The number of benzene rings is 1. The van der Waals surface area contributed by atoms with Crippen LogP contribution in [-0.2, 0) is 0 Å². The summed E-state index contributed by atoms with van der Waals surface area (Å²) in [6.07, 6.45) is 5.28. The predicted molar refractivity (Wildman–Crippen MR) is 78.3 cm³/mol. The Morgan fingerprint density at radius 3 is 2.37 bits per heavy atom. The van der Waals surface area contributed by atoms with E-state index < -0.39 is 0 Å². The molecule has 4 heteroatoms. The first-order chi connectivity index (χ1) is 9.20. The molecule has 3 nitrogen and oxygen atoms in total. The molecule has 19 heavy (non-hydrogen) atoms. The van der Waals surface area contributed by atoms with Crippen molar-refractivity contribution >= 4 is 17.7 Å². The molecule has 0 radical (unpaired) electrons. The van der Waals surface area contributed by atoms with Gasteiger partial charge in [-0.25, -0.2) is 0 Å². The van der Waals surface area contributed by atoms with Gasteiger partial charge in [-0.15, -0.1) is 11.8 Å². The SMILES string of the molecule is CSc1ccc(C(C)NC(=O)c2ccncc2)cc1. The highest BCUT2D eigenvalue weighted by Gasteiger charge is 2.10. The molecule has 1 N–H and O–H groups in total. The number of thioether (sulfide) groups is 1. The number of carbonyl (C=O) groups excluding carboxylic acids is 1. The normalized spacial score (nSPS) is 11.9. The van der Waals surface area contributed by atoms with Gasteiger partial charge in [0.05, 0.1) is 6.04 Å². The lowest BCUT2D eigenvalue weighted by Crippen LogP contribution is -2.26. The van der Waals surface area contributed by atoms with Crippen LogP contribution in [0.4, 0.5) is 0 Å². The Morgan fingerprint density at radius 2 is 1.79 bits per heavy atom. The van der Waals surface area contributed by atoms with Crippen molar-refractivity contribution in [2.75, 3.05) is 6.26 Å². The second-order valence-electron chi connectivity index (χ2n) is 4.20. The van der Waals surface area contributed by atoms with E-state index in [1.54, 1.807) is 36.3 Å². The van der Waals surface area contributed by atoms with Crippen molar-refractivity contribution in [1.82, 2.24) is 10.3 Å². The monoisotopic (exact) mass is 272 g/mol. The van der Waals surface area contributed by atoms with Crippen LogP contribution in [0, 0.1) is 0 Å². The van der Waals surface area contributed by atoms with E-state index in [2.05, 4.69) is 22.4 Å². The van der Waals surface area contributed by atoms with Crippen LogP contribution in [-0.4, -0.2) is 17.1 Å². The standard InChI is InChI=1S/C15H16N2OS/c1-11(12-3-5-14(19-2)6-4-12)17-15(18)13-7-9-16-10-8-13/h3-11H,1-2H3,(H,17,18). The first-order valence-electron chi connectivity index (χ1n) is 6.05. The minimum Gasteiger partial charge on any atom is -0.346 e. The fourth-order valence-corrected chi connectivity index (χ4v) is 2.17. The van der Waals surface area contributed by atoms with Crippen molar-refractivity contribution in [3.63, 3.8) is 0 Å². The molecule has 0 spiro atoms. The summed E-state index contributed by atoms with van der Waals surface area (Å²) in [5.41, 5.74) is 1.72. The molecule has 1 aromatic carbocycles. The zero-order valence-electron chi connectivity index (χ0n) is 11.0. The van der Waals surface area contributed by atoms with Gasteiger partial charge >= 0.3 is 0 Å². The smallest absolute Gasteiger partial charge is 0.251 e. The number of hydrogen-bond acceptors (Lipinski definition) is 3. The van der Waals surface area contributed by atoms with Gasteiger partial charge in [0.1, 0.15) is 0 Å². The Bertz CT molecular complexity index is 540. The number of aromatic nitrogens is 1. The quantitative estimate of drug-likeness (QED) is 0.868. The summed E-state index contributed by atoms with van der Waals surface area (Å²) in [5.74, 6) is -0.0798. The lowest BCUT2D eigenvalue weighted by Gasteiger charge is -2.14. The maximum absolute atomic E-state index is 12.0. The number of carbonyl (C=O) groups is 1. The molecule has 1 unspecified atom stereocenters. The Labute approximate surface area is 117 Å². The molecule has 2 rings (SSSR count). The minimum atomic E-state index is -0.0798. The van der Waals surface area contributed by atoms with Gasteiger partial charge in [-0.3, -0.25) is 9.78 Å².